The highest BCUT2D eigenvalue weighted by atomic mass is 16.5. The van der Waals surface area contributed by atoms with Crippen molar-refractivity contribution in [3.8, 4) is 5.69 Å². The Morgan fingerprint density at radius 2 is 2.08 bits per heavy atom. The SMILES string of the molecule is O=C(NCCc1ccc(-n2cccn2)cc1)NC1CCOC1C1CC1. The number of amides is 2. The topological polar surface area (TPSA) is 68.2 Å². The lowest BCUT2D eigenvalue weighted by Crippen LogP contribution is -2.46. The Balaban J connectivity index is 1.21. The van der Waals surface area contributed by atoms with Crippen molar-refractivity contribution < 1.29 is 9.53 Å². The summed E-state index contributed by atoms with van der Waals surface area (Å²) in [5.41, 5.74) is 2.23. The summed E-state index contributed by atoms with van der Waals surface area (Å²) in [7, 11) is 0. The van der Waals surface area contributed by atoms with E-state index in [0.29, 0.717) is 12.5 Å². The van der Waals surface area contributed by atoms with Crippen LogP contribution in [0.5, 0.6) is 0 Å². The van der Waals surface area contributed by atoms with Gasteiger partial charge in [-0.25, -0.2) is 9.48 Å². The molecular formula is C19H24N4O2. The Morgan fingerprint density at radius 3 is 2.80 bits per heavy atom. The van der Waals surface area contributed by atoms with Gasteiger partial charge in [-0.3, -0.25) is 0 Å². The molecule has 0 spiro atoms. The number of nitrogens with one attached hydrogen (secondary N) is 2. The summed E-state index contributed by atoms with van der Waals surface area (Å²) in [6, 6.07) is 10.2. The zero-order chi connectivity index (χ0) is 17.1. The summed E-state index contributed by atoms with van der Waals surface area (Å²) in [4.78, 5) is 12.1. The smallest absolute Gasteiger partial charge is 0.315 e. The largest absolute Gasteiger partial charge is 0.376 e. The summed E-state index contributed by atoms with van der Waals surface area (Å²) in [5, 5.41) is 10.2. The summed E-state index contributed by atoms with van der Waals surface area (Å²) >= 11 is 0. The van der Waals surface area contributed by atoms with Crippen LogP contribution < -0.4 is 10.6 Å². The van der Waals surface area contributed by atoms with Gasteiger partial charge in [0.1, 0.15) is 0 Å². The van der Waals surface area contributed by atoms with Crippen molar-refractivity contribution in [1.29, 1.82) is 0 Å². The monoisotopic (exact) mass is 340 g/mol. The number of rotatable bonds is 6. The van der Waals surface area contributed by atoms with Crippen molar-refractivity contribution in [2.75, 3.05) is 13.2 Å². The van der Waals surface area contributed by atoms with Gasteiger partial charge in [-0.2, -0.15) is 5.10 Å². The van der Waals surface area contributed by atoms with Crippen molar-refractivity contribution in [2.45, 2.75) is 37.8 Å². The molecule has 4 rings (SSSR count). The standard InChI is InChI=1S/C19H24N4O2/c24-19(22-17-9-13-25-18(17)15-4-5-15)20-11-8-14-2-6-16(7-3-14)23-12-1-10-21-23/h1-3,6-7,10,12,15,17-18H,4-5,8-9,11,13H2,(H2,20,22,24). The van der Waals surface area contributed by atoms with E-state index in [1.54, 1.807) is 6.20 Å². The molecule has 2 fully saturated rings. The minimum Gasteiger partial charge on any atom is -0.376 e. The average Bonchev–Trinajstić information content (AvgIpc) is 3.12. The molecule has 6 nitrogen and oxygen atoms in total. The predicted molar refractivity (Wildman–Crippen MR) is 94.7 cm³/mol. The molecule has 2 aliphatic rings. The van der Waals surface area contributed by atoms with Gasteiger partial charge in [0.05, 0.1) is 17.8 Å². The van der Waals surface area contributed by atoms with Crippen LogP contribution in [0.2, 0.25) is 0 Å². The molecule has 25 heavy (non-hydrogen) atoms. The lowest BCUT2D eigenvalue weighted by molar-refractivity contribution is 0.0825. The molecule has 1 aliphatic carbocycles. The van der Waals surface area contributed by atoms with Gasteiger partial charge < -0.3 is 15.4 Å². The van der Waals surface area contributed by atoms with E-state index in [9.17, 15) is 4.79 Å². The highest BCUT2D eigenvalue weighted by Crippen LogP contribution is 2.38. The van der Waals surface area contributed by atoms with Crippen LogP contribution in [0.25, 0.3) is 5.69 Å². The Morgan fingerprint density at radius 1 is 1.24 bits per heavy atom. The maximum absolute atomic E-state index is 12.1. The number of ether oxygens (including phenoxy) is 1. The zero-order valence-electron chi connectivity index (χ0n) is 14.2. The molecule has 1 aromatic heterocycles. The van der Waals surface area contributed by atoms with E-state index >= 15 is 0 Å². The Kier molecular flexibility index (Phi) is 4.70. The molecule has 0 bridgehead atoms. The normalized spacial score (nSPS) is 22.7. The Bertz CT molecular complexity index is 695. The second-order valence-electron chi connectivity index (χ2n) is 6.84. The quantitative estimate of drug-likeness (QED) is 0.848. The Labute approximate surface area is 147 Å². The molecule has 132 valence electrons. The fraction of sp³-hybridized carbons (Fsp3) is 0.474. The van der Waals surface area contributed by atoms with Crippen LogP contribution >= 0.6 is 0 Å². The minimum absolute atomic E-state index is 0.0886. The number of carbonyl (C=O) groups is 1. The second-order valence-corrected chi connectivity index (χ2v) is 6.84. The van der Waals surface area contributed by atoms with Gasteiger partial charge in [0, 0.05) is 25.5 Å². The minimum atomic E-state index is -0.0886. The maximum Gasteiger partial charge on any atom is 0.315 e. The van der Waals surface area contributed by atoms with Crippen molar-refractivity contribution in [2.24, 2.45) is 5.92 Å². The van der Waals surface area contributed by atoms with Gasteiger partial charge in [0.15, 0.2) is 0 Å². The van der Waals surface area contributed by atoms with Crippen LogP contribution in [0.1, 0.15) is 24.8 Å². The molecule has 6 heteroatoms. The van der Waals surface area contributed by atoms with Gasteiger partial charge in [-0.15, -0.1) is 0 Å². The molecule has 2 N–H and O–H groups in total. The molecule has 2 unspecified atom stereocenters. The van der Waals surface area contributed by atoms with Gasteiger partial charge in [-0.05, 0) is 55.4 Å². The molecule has 1 saturated carbocycles. The average molecular weight is 340 g/mol. The fourth-order valence-corrected chi connectivity index (χ4v) is 3.43. The number of benzene rings is 1. The highest BCUT2D eigenvalue weighted by molar-refractivity contribution is 5.74. The van der Waals surface area contributed by atoms with Crippen molar-refractivity contribution in [1.82, 2.24) is 20.4 Å². The van der Waals surface area contributed by atoms with Gasteiger partial charge in [0.2, 0.25) is 0 Å². The van der Waals surface area contributed by atoms with Crippen LogP contribution in [0.4, 0.5) is 4.79 Å². The molecule has 2 atom stereocenters. The first-order valence-corrected chi connectivity index (χ1v) is 9.04. The first-order chi connectivity index (χ1) is 12.3. The third kappa shape index (κ3) is 4.02. The number of urea groups is 1. The molecule has 2 heterocycles. The number of hydrogen-bond acceptors (Lipinski definition) is 3. The van der Waals surface area contributed by atoms with Crippen LogP contribution in [0, 0.1) is 5.92 Å². The molecule has 0 radical (unpaired) electrons. The molecule has 1 aliphatic heterocycles. The molecule has 2 amide bonds. The van der Waals surface area contributed by atoms with Crippen LogP contribution in [-0.4, -0.2) is 41.1 Å². The van der Waals surface area contributed by atoms with E-state index < -0.39 is 0 Å². The van der Waals surface area contributed by atoms with Gasteiger partial charge in [-0.1, -0.05) is 12.1 Å². The first kappa shape index (κ1) is 16.1. The van der Waals surface area contributed by atoms with E-state index in [1.165, 1.54) is 18.4 Å². The Hall–Kier alpha value is -2.34. The number of carbonyl (C=O) groups excluding carboxylic acids is 1. The fourth-order valence-electron chi connectivity index (χ4n) is 3.43. The van der Waals surface area contributed by atoms with E-state index in [1.807, 2.05) is 29.1 Å². The second kappa shape index (κ2) is 7.27. The van der Waals surface area contributed by atoms with E-state index in [0.717, 1.165) is 25.1 Å². The molecule has 1 saturated heterocycles. The number of hydrogen-bond donors (Lipinski definition) is 2. The van der Waals surface area contributed by atoms with Gasteiger partial charge in [0.25, 0.3) is 0 Å². The summed E-state index contributed by atoms with van der Waals surface area (Å²) in [6.45, 7) is 1.38. The summed E-state index contributed by atoms with van der Waals surface area (Å²) in [5.74, 6) is 0.654. The van der Waals surface area contributed by atoms with Crippen molar-refractivity contribution in [3.05, 3.63) is 48.3 Å². The van der Waals surface area contributed by atoms with E-state index in [4.69, 9.17) is 4.74 Å². The lowest BCUT2D eigenvalue weighted by Gasteiger charge is -2.19. The zero-order valence-corrected chi connectivity index (χ0v) is 14.2. The highest BCUT2D eigenvalue weighted by Gasteiger charge is 2.41. The maximum atomic E-state index is 12.1. The number of aromatic nitrogens is 2. The van der Waals surface area contributed by atoms with Crippen molar-refractivity contribution >= 4 is 6.03 Å². The first-order valence-electron chi connectivity index (χ1n) is 9.04. The van der Waals surface area contributed by atoms with Crippen LogP contribution in [0.3, 0.4) is 0 Å². The summed E-state index contributed by atoms with van der Waals surface area (Å²) < 4.78 is 7.59. The molecule has 2 aromatic rings. The van der Waals surface area contributed by atoms with E-state index in [2.05, 4.69) is 27.9 Å². The van der Waals surface area contributed by atoms with Crippen LogP contribution in [-0.2, 0) is 11.2 Å². The van der Waals surface area contributed by atoms with E-state index in [-0.39, 0.29) is 18.2 Å². The van der Waals surface area contributed by atoms with Crippen LogP contribution in [0.15, 0.2) is 42.7 Å². The predicted octanol–water partition coefficient (Wildman–Crippen LogP) is 2.28. The molecular weight excluding hydrogens is 316 g/mol. The lowest BCUT2D eigenvalue weighted by atomic mass is 10.1. The number of nitrogens with zero attached hydrogens (tertiary/aromatic N) is 2. The third-order valence-corrected chi connectivity index (χ3v) is 4.94. The van der Waals surface area contributed by atoms with Gasteiger partial charge >= 0.3 is 6.03 Å². The van der Waals surface area contributed by atoms with Crippen molar-refractivity contribution in [3.63, 3.8) is 0 Å². The molecule has 1 aromatic carbocycles. The summed E-state index contributed by atoms with van der Waals surface area (Å²) in [6.07, 6.45) is 8.10. The third-order valence-electron chi connectivity index (χ3n) is 4.94.